The van der Waals surface area contributed by atoms with E-state index in [2.05, 4.69) is 0 Å². The monoisotopic (exact) mass is 222 g/mol. The molecule has 2 aromatic rings. The second-order valence-corrected chi connectivity index (χ2v) is 3.74. The molecule has 1 heterocycles. The van der Waals surface area contributed by atoms with Crippen LogP contribution < -0.4 is 0 Å². The van der Waals surface area contributed by atoms with Gasteiger partial charge in [-0.15, -0.1) is 0 Å². The van der Waals surface area contributed by atoms with Crippen LogP contribution in [0.4, 0.5) is 0 Å². The van der Waals surface area contributed by atoms with Gasteiger partial charge in [-0.05, 0) is 25.1 Å². The molecule has 1 N–H and O–H groups in total. The van der Waals surface area contributed by atoms with Crippen LogP contribution in [0.1, 0.15) is 11.3 Å². The van der Waals surface area contributed by atoms with E-state index >= 15 is 0 Å². The maximum atomic E-state index is 9.05. The second kappa shape index (κ2) is 4.09. The van der Waals surface area contributed by atoms with Gasteiger partial charge in [-0.2, -0.15) is 0 Å². The average Bonchev–Trinajstić information content (AvgIpc) is 2.60. The minimum absolute atomic E-state index is 0.0141. The van der Waals surface area contributed by atoms with Gasteiger partial charge in [-0.3, -0.25) is 0 Å². The van der Waals surface area contributed by atoms with Gasteiger partial charge in [-0.1, -0.05) is 23.7 Å². The van der Waals surface area contributed by atoms with Crippen molar-refractivity contribution in [1.29, 1.82) is 0 Å². The maximum absolute atomic E-state index is 9.05. The molecule has 0 unspecified atom stereocenters. The zero-order valence-electron chi connectivity index (χ0n) is 8.33. The summed E-state index contributed by atoms with van der Waals surface area (Å²) < 4.78 is 5.53. The molecule has 3 heteroatoms. The molecule has 0 spiro atoms. The summed E-state index contributed by atoms with van der Waals surface area (Å²) in [7, 11) is 0. The van der Waals surface area contributed by atoms with E-state index in [4.69, 9.17) is 21.1 Å². The van der Waals surface area contributed by atoms with Crippen LogP contribution >= 0.6 is 11.6 Å². The van der Waals surface area contributed by atoms with Crippen LogP contribution in [-0.2, 0) is 6.61 Å². The predicted molar refractivity (Wildman–Crippen MR) is 59.8 cm³/mol. The van der Waals surface area contributed by atoms with E-state index in [1.54, 1.807) is 0 Å². The highest BCUT2D eigenvalue weighted by Gasteiger charge is 2.10. The van der Waals surface area contributed by atoms with Gasteiger partial charge in [0, 0.05) is 11.1 Å². The first kappa shape index (κ1) is 10.3. The van der Waals surface area contributed by atoms with Crippen LogP contribution in [0, 0.1) is 6.92 Å². The first-order valence-electron chi connectivity index (χ1n) is 4.67. The highest BCUT2D eigenvalue weighted by Crippen LogP contribution is 2.30. The summed E-state index contributed by atoms with van der Waals surface area (Å²) in [6.07, 6.45) is 0. The smallest absolute Gasteiger partial charge is 0.136 e. The molecule has 1 aromatic carbocycles. The lowest BCUT2D eigenvalue weighted by Crippen LogP contribution is -1.79. The Labute approximate surface area is 93.1 Å². The van der Waals surface area contributed by atoms with Gasteiger partial charge in [0.1, 0.15) is 11.5 Å². The van der Waals surface area contributed by atoms with Crippen LogP contribution in [-0.4, -0.2) is 5.11 Å². The van der Waals surface area contributed by atoms with Gasteiger partial charge in [0.25, 0.3) is 0 Å². The minimum Gasteiger partial charge on any atom is -0.461 e. The number of hydrogen-bond acceptors (Lipinski definition) is 2. The molecule has 0 fully saturated rings. The Bertz CT molecular complexity index is 474. The number of aliphatic hydroxyl groups excluding tert-OH is 1. The molecular formula is C12H11ClO2. The Kier molecular flexibility index (Phi) is 2.80. The van der Waals surface area contributed by atoms with E-state index in [1.807, 2.05) is 37.3 Å². The molecule has 0 aliphatic rings. The lowest BCUT2D eigenvalue weighted by atomic mass is 10.1. The minimum atomic E-state index is -0.0141. The number of furan rings is 1. The van der Waals surface area contributed by atoms with Crippen LogP contribution in [0.25, 0.3) is 11.3 Å². The lowest BCUT2D eigenvalue weighted by molar-refractivity contribution is 0.279. The van der Waals surface area contributed by atoms with Gasteiger partial charge in [-0.25, -0.2) is 0 Å². The number of halogens is 1. The zero-order valence-corrected chi connectivity index (χ0v) is 9.08. The van der Waals surface area contributed by atoms with E-state index in [1.165, 1.54) is 0 Å². The largest absolute Gasteiger partial charge is 0.461 e. The number of rotatable bonds is 2. The Balaban J connectivity index is 2.50. The topological polar surface area (TPSA) is 33.4 Å². The molecule has 2 rings (SSSR count). The van der Waals surface area contributed by atoms with Crippen LogP contribution in [0.15, 0.2) is 34.7 Å². The molecule has 0 aliphatic heterocycles. The SMILES string of the molecule is Cc1oc(-c2ccccc2Cl)cc1CO. The third kappa shape index (κ3) is 1.91. The molecule has 15 heavy (non-hydrogen) atoms. The standard InChI is InChI=1S/C12H11ClO2/c1-8-9(7-14)6-12(15-8)10-4-2-3-5-11(10)13/h2-6,14H,7H2,1H3. The van der Waals surface area contributed by atoms with Crippen molar-refractivity contribution in [2.75, 3.05) is 0 Å². The van der Waals surface area contributed by atoms with Crippen molar-refractivity contribution < 1.29 is 9.52 Å². The van der Waals surface area contributed by atoms with Crippen LogP contribution in [0.2, 0.25) is 5.02 Å². The van der Waals surface area contributed by atoms with Crippen molar-refractivity contribution in [3.63, 3.8) is 0 Å². The molecular weight excluding hydrogens is 212 g/mol. The van der Waals surface area contributed by atoms with Gasteiger partial charge < -0.3 is 9.52 Å². The Morgan fingerprint density at radius 2 is 2.07 bits per heavy atom. The quantitative estimate of drug-likeness (QED) is 0.845. The Morgan fingerprint density at radius 1 is 1.33 bits per heavy atom. The average molecular weight is 223 g/mol. The molecule has 0 aliphatic carbocycles. The fraction of sp³-hybridized carbons (Fsp3) is 0.167. The fourth-order valence-electron chi connectivity index (χ4n) is 1.47. The van der Waals surface area contributed by atoms with E-state index in [9.17, 15) is 0 Å². The molecule has 1 aromatic heterocycles. The van der Waals surface area contributed by atoms with Crippen molar-refractivity contribution in [2.24, 2.45) is 0 Å². The summed E-state index contributed by atoms with van der Waals surface area (Å²) >= 11 is 6.04. The first-order chi connectivity index (χ1) is 7.22. The maximum Gasteiger partial charge on any atom is 0.136 e. The molecule has 0 radical (unpaired) electrons. The van der Waals surface area contributed by atoms with E-state index in [-0.39, 0.29) is 6.61 Å². The summed E-state index contributed by atoms with van der Waals surface area (Å²) in [6, 6.07) is 9.29. The molecule has 0 saturated heterocycles. The summed E-state index contributed by atoms with van der Waals surface area (Å²) in [5.74, 6) is 1.43. The third-order valence-corrected chi connectivity index (χ3v) is 2.66. The molecule has 0 atom stereocenters. The molecule has 2 nitrogen and oxygen atoms in total. The van der Waals surface area contributed by atoms with Crippen molar-refractivity contribution >= 4 is 11.6 Å². The van der Waals surface area contributed by atoms with E-state index in [0.29, 0.717) is 10.8 Å². The Hall–Kier alpha value is -1.25. The Morgan fingerprint density at radius 3 is 2.67 bits per heavy atom. The normalized spacial score (nSPS) is 10.6. The molecule has 78 valence electrons. The predicted octanol–water partition coefficient (Wildman–Crippen LogP) is 3.40. The van der Waals surface area contributed by atoms with E-state index in [0.717, 1.165) is 16.9 Å². The molecule has 0 amide bonds. The van der Waals surface area contributed by atoms with Crippen LogP contribution in [0.5, 0.6) is 0 Å². The van der Waals surface area contributed by atoms with Gasteiger partial charge in [0.05, 0.1) is 11.6 Å². The number of aryl methyl sites for hydroxylation is 1. The fourth-order valence-corrected chi connectivity index (χ4v) is 1.70. The third-order valence-electron chi connectivity index (χ3n) is 2.33. The molecule has 0 saturated carbocycles. The summed E-state index contributed by atoms with van der Waals surface area (Å²) in [5.41, 5.74) is 1.65. The number of aliphatic hydroxyl groups is 1. The van der Waals surface area contributed by atoms with Crippen molar-refractivity contribution in [2.45, 2.75) is 13.5 Å². The number of benzene rings is 1. The van der Waals surface area contributed by atoms with Crippen LogP contribution in [0.3, 0.4) is 0 Å². The lowest BCUT2D eigenvalue weighted by Gasteiger charge is -1.98. The first-order valence-corrected chi connectivity index (χ1v) is 5.05. The van der Waals surface area contributed by atoms with E-state index < -0.39 is 0 Å². The van der Waals surface area contributed by atoms with Crippen molar-refractivity contribution in [1.82, 2.24) is 0 Å². The zero-order chi connectivity index (χ0) is 10.8. The summed E-state index contributed by atoms with van der Waals surface area (Å²) in [6.45, 7) is 1.81. The van der Waals surface area contributed by atoms with Crippen molar-refractivity contribution in [3.8, 4) is 11.3 Å². The summed E-state index contributed by atoms with van der Waals surface area (Å²) in [4.78, 5) is 0. The van der Waals surface area contributed by atoms with Crippen molar-refractivity contribution in [3.05, 3.63) is 46.7 Å². The van der Waals surface area contributed by atoms with Gasteiger partial charge in [0.2, 0.25) is 0 Å². The summed E-state index contributed by atoms with van der Waals surface area (Å²) in [5, 5.41) is 9.70. The van der Waals surface area contributed by atoms with Gasteiger partial charge >= 0.3 is 0 Å². The molecule has 0 bridgehead atoms. The highest BCUT2D eigenvalue weighted by atomic mass is 35.5. The number of hydrogen-bond donors (Lipinski definition) is 1. The van der Waals surface area contributed by atoms with Gasteiger partial charge in [0.15, 0.2) is 0 Å². The highest BCUT2D eigenvalue weighted by molar-refractivity contribution is 6.33. The second-order valence-electron chi connectivity index (χ2n) is 3.33.